The van der Waals surface area contributed by atoms with Gasteiger partial charge < -0.3 is 15.4 Å². The minimum absolute atomic E-state index is 0.00984. The minimum Gasteiger partial charge on any atom is -0.496 e. The van der Waals surface area contributed by atoms with Crippen LogP contribution in [-0.2, 0) is 16.0 Å². The third kappa shape index (κ3) is 6.01. The second kappa shape index (κ2) is 10.7. The van der Waals surface area contributed by atoms with Crippen LogP contribution in [-0.4, -0.2) is 29.7 Å². The Balaban J connectivity index is 1.65. The maximum atomic E-state index is 12.6. The van der Waals surface area contributed by atoms with Crippen molar-refractivity contribution in [2.24, 2.45) is 0 Å². The Labute approximate surface area is 190 Å². The number of aromatic nitrogens is 1. The fourth-order valence-corrected chi connectivity index (χ4v) is 3.85. The molecule has 0 radical (unpaired) electrons. The molecule has 166 valence electrons. The summed E-state index contributed by atoms with van der Waals surface area (Å²) in [7, 11) is 1.53. The van der Waals surface area contributed by atoms with E-state index < -0.39 is 0 Å². The first-order chi connectivity index (χ1) is 15.4. The second-order valence-corrected chi connectivity index (χ2v) is 8.08. The summed E-state index contributed by atoms with van der Waals surface area (Å²) in [6.07, 6.45) is 1.35. The molecule has 0 aliphatic carbocycles. The first kappa shape index (κ1) is 23.1. The monoisotopic (exact) mass is 451 g/mol. The highest BCUT2D eigenvalue weighted by molar-refractivity contribution is 7.14. The number of amides is 2. The predicted molar refractivity (Wildman–Crippen MR) is 126 cm³/mol. The van der Waals surface area contributed by atoms with Crippen LogP contribution in [0.15, 0.2) is 47.8 Å². The number of rotatable bonds is 9. The molecule has 2 N–H and O–H groups in total. The van der Waals surface area contributed by atoms with Crippen molar-refractivity contribution in [2.45, 2.75) is 33.1 Å². The van der Waals surface area contributed by atoms with Crippen LogP contribution in [0.2, 0.25) is 0 Å². The molecule has 1 heterocycles. The summed E-state index contributed by atoms with van der Waals surface area (Å²) in [4.78, 5) is 40.4. The van der Waals surface area contributed by atoms with Crippen LogP contribution in [0.3, 0.4) is 0 Å². The Hall–Kier alpha value is -3.52. The summed E-state index contributed by atoms with van der Waals surface area (Å²) in [6.45, 7) is 3.44. The number of thiazole rings is 1. The Morgan fingerprint density at radius 3 is 2.44 bits per heavy atom. The fourth-order valence-electron chi connectivity index (χ4n) is 3.11. The molecule has 2 aromatic carbocycles. The molecule has 0 fully saturated rings. The number of nitrogens with zero attached hydrogens (tertiary/aromatic N) is 1. The van der Waals surface area contributed by atoms with Crippen molar-refractivity contribution in [2.75, 3.05) is 17.7 Å². The van der Waals surface area contributed by atoms with Crippen molar-refractivity contribution in [1.29, 1.82) is 0 Å². The van der Waals surface area contributed by atoms with E-state index >= 15 is 0 Å². The fraction of sp³-hybridized carbons (Fsp3) is 0.250. The molecule has 8 heteroatoms. The number of ketones is 1. The molecule has 3 rings (SSSR count). The Kier molecular flexibility index (Phi) is 7.72. The lowest BCUT2D eigenvalue weighted by Gasteiger charge is -2.09. The average Bonchev–Trinajstić information content (AvgIpc) is 3.22. The molecule has 0 unspecified atom stereocenters. The zero-order chi connectivity index (χ0) is 23.1. The molecule has 0 bridgehead atoms. The zero-order valence-electron chi connectivity index (χ0n) is 18.2. The average molecular weight is 452 g/mol. The van der Waals surface area contributed by atoms with Gasteiger partial charge in [0.2, 0.25) is 11.8 Å². The highest BCUT2D eigenvalue weighted by Crippen LogP contribution is 2.27. The number of hydrogen-bond acceptors (Lipinski definition) is 6. The largest absolute Gasteiger partial charge is 0.496 e. The van der Waals surface area contributed by atoms with Gasteiger partial charge in [0.1, 0.15) is 5.75 Å². The van der Waals surface area contributed by atoms with E-state index in [2.05, 4.69) is 15.6 Å². The number of hydrogen-bond donors (Lipinski definition) is 2. The summed E-state index contributed by atoms with van der Waals surface area (Å²) in [5.74, 6) is 0.217. The van der Waals surface area contributed by atoms with E-state index in [9.17, 15) is 14.4 Å². The summed E-state index contributed by atoms with van der Waals surface area (Å²) < 4.78 is 5.31. The molecule has 0 saturated heterocycles. The van der Waals surface area contributed by atoms with Crippen LogP contribution >= 0.6 is 11.3 Å². The quantitative estimate of drug-likeness (QED) is 0.449. The van der Waals surface area contributed by atoms with Gasteiger partial charge in [-0.05, 0) is 43.7 Å². The normalized spacial score (nSPS) is 10.5. The number of carbonyl (C=O) groups is 3. The minimum atomic E-state index is -0.251. The van der Waals surface area contributed by atoms with Gasteiger partial charge in [0, 0.05) is 34.2 Å². The van der Waals surface area contributed by atoms with E-state index in [0.717, 1.165) is 23.4 Å². The molecule has 0 atom stereocenters. The third-order valence-electron chi connectivity index (χ3n) is 4.73. The van der Waals surface area contributed by atoms with E-state index in [0.29, 0.717) is 28.4 Å². The van der Waals surface area contributed by atoms with Crippen molar-refractivity contribution in [3.05, 3.63) is 59.0 Å². The lowest BCUT2D eigenvalue weighted by Crippen LogP contribution is -2.15. The highest BCUT2D eigenvalue weighted by atomic mass is 32.1. The molecule has 2 amide bonds. The molecule has 32 heavy (non-hydrogen) atoms. The molecule has 1 aromatic heterocycles. The lowest BCUT2D eigenvalue weighted by molar-refractivity contribution is -0.116. The first-order valence-corrected chi connectivity index (χ1v) is 11.1. The van der Waals surface area contributed by atoms with Crippen LogP contribution in [0.4, 0.5) is 10.8 Å². The van der Waals surface area contributed by atoms with Crippen molar-refractivity contribution in [1.82, 2.24) is 4.98 Å². The van der Waals surface area contributed by atoms with Crippen molar-refractivity contribution in [3.8, 4) is 17.0 Å². The summed E-state index contributed by atoms with van der Waals surface area (Å²) in [5, 5.41) is 7.99. The van der Waals surface area contributed by atoms with Crippen LogP contribution in [0.1, 0.15) is 42.6 Å². The van der Waals surface area contributed by atoms with E-state index in [1.807, 2.05) is 36.6 Å². The molecule has 0 aliphatic rings. The highest BCUT2D eigenvalue weighted by Gasteiger charge is 2.14. The van der Waals surface area contributed by atoms with E-state index in [1.165, 1.54) is 25.4 Å². The van der Waals surface area contributed by atoms with Gasteiger partial charge in [0.25, 0.3) is 0 Å². The SMILES string of the molecule is CCCC(=O)Nc1ccc(-c2csc(NC(=O)Cc3cc(C(C)=O)ccc3OC)n2)cc1. The summed E-state index contributed by atoms with van der Waals surface area (Å²) in [5.41, 5.74) is 3.51. The van der Waals surface area contributed by atoms with Gasteiger partial charge in [-0.15, -0.1) is 11.3 Å². The van der Waals surface area contributed by atoms with Gasteiger partial charge in [0.05, 0.1) is 19.2 Å². The van der Waals surface area contributed by atoms with Gasteiger partial charge >= 0.3 is 0 Å². The zero-order valence-corrected chi connectivity index (χ0v) is 19.0. The Morgan fingerprint density at radius 1 is 1.03 bits per heavy atom. The summed E-state index contributed by atoms with van der Waals surface area (Å²) in [6, 6.07) is 12.4. The standard InChI is InChI=1S/C24H25N3O4S/c1-4-5-22(29)25-19-9-6-16(7-10-19)20-14-32-24(26-20)27-23(30)13-18-12-17(15(2)28)8-11-21(18)31-3/h6-12,14H,4-5,13H2,1-3H3,(H,25,29)(H,26,27,30). The van der Waals surface area contributed by atoms with Gasteiger partial charge in [-0.2, -0.15) is 0 Å². The van der Waals surface area contributed by atoms with Crippen molar-refractivity contribution < 1.29 is 19.1 Å². The van der Waals surface area contributed by atoms with Gasteiger partial charge in [0.15, 0.2) is 10.9 Å². The van der Waals surface area contributed by atoms with Gasteiger partial charge in [-0.3, -0.25) is 14.4 Å². The molecule has 0 aliphatic heterocycles. The van der Waals surface area contributed by atoms with Crippen LogP contribution in [0.5, 0.6) is 5.75 Å². The number of benzene rings is 2. The first-order valence-electron chi connectivity index (χ1n) is 10.2. The summed E-state index contributed by atoms with van der Waals surface area (Å²) >= 11 is 1.32. The molecule has 0 saturated carbocycles. The number of methoxy groups -OCH3 is 1. The number of nitrogens with one attached hydrogen (secondary N) is 2. The Bertz CT molecular complexity index is 1120. The maximum absolute atomic E-state index is 12.6. The second-order valence-electron chi connectivity index (χ2n) is 7.22. The van der Waals surface area contributed by atoms with Crippen LogP contribution in [0.25, 0.3) is 11.3 Å². The number of Topliss-reactive ketones (excluding diaryl/α,β-unsaturated/α-hetero) is 1. The van der Waals surface area contributed by atoms with Crippen molar-refractivity contribution >= 4 is 39.8 Å². The smallest absolute Gasteiger partial charge is 0.230 e. The molecule has 0 spiro atoms. The topological polar surface area (TPSA) is 97.4 Å². The number of ether oxygens (including phenoxy) is 1. The van der Waals surface area contributed by atoms with Gasteiger partial charge in [-0.1, -0.05) is 19.1 Å². The molecule has 7 nitrogen and oxygen atoms in total. The number of carbonyl (C=O) groups excluding carboxylic acids is 3. The maximum Gasteiger partial charge on any atom is 0.230 e. The molecular formula is C24H25N3O4S. The lowest BCUT2D eigenvalue weighted by atomic mass is 10.0. The van der Waals surface area contributed by atoms with E-state index in [-0.39, 0.29) is 24.0 Å². The van der Waals surface area contributed by atoms with Gasteiger partial charge in [-0.25, -0.2) is 4.98 Å². The predicted octanol–water partition coefficient (Wildman–Crippen LogP) is 4.94. The van der Waals surface area contributed by atoms with Crippen molar-refractivity contribution in [3.63, 3.8) is 0 Å². The van der Waals surface area contributed by atoms with Crippen LogP contribution < -0.4 is 15.4 Å². The van der Waals surface area contributed by atoms with E-state index in [4.69, 9.17) is 4.74 Å². The molecule has 3 aromatic rings. The van der Waals surface area contributed by atoms with E-state index in [1.54, 1.807) is 18.2 Å². The molecular weight excluding hydrogens is 426 g/mol. The van der Waals surface area contributed by atoms with Crippen LogP contribution in [0, 0.1) is 0 Å². The Morgan fingerprint density at radius 2 is 1.78 bits per heavy atom. The number of anilines is 2. The third-order valence-corrected chi connectivity index (χ3v) is 5.49.